The van der Waals surface area contributed by atoms with E-state index in [2.05, 4.69) is 66.3 Å². The molecule has 274 valence electrons. The van der Waals surface area contributed by atoms with E-state index in [-0.39, 0.29) is 23.4 Å². The van der Waals surface area contributed by atoms with Crippen LogP contribution in [-0.4, -0.2) is 70.3 Å². The maximum absolute atomic E-state index is 12.6. The number of nitrogens with zero attached hydrogens (tertiary/aromatic N) is 4. The average molecular weight is 735 g/mol. The summed E-state index contributed by atoms with van der Waals surface area (Å²) in [6.07, 6.45) is 7.35. The Morgan fingerprint density at radius 2 is 1.79 bits per heavy atom. The molecule has 2 saturated heterocycles. The largest absolute Gasteiger partial charge is 0.496 e. The molecule has 12 nitrogen and oxygen atoms in total. The van der Waals surface area contributed by atoms with Gasteiger partial charge in [0.2, 0.25) is 11.8 Å². The second-order valence-corrected chi connectivity index (χ2v) is 14.7. The molecule has 2 amide bonds. The molecule has 4 N–H and O–H groups in total. The Morgan fingerprint density at radius 1 is 0.981 bits per heavy atom. The van der Waals surface area contributed by atoms with Crippen LogP contribution < -0.4 is 31.1 Å². The van der Waals surface area contributed by atoms with E-state index in [1.165, 1.54) is 22.5 Å². The number of aromatic nitrogens is 3. The first-order chi connectivity index (χ1) is 25.7. The molecule has 0 bridgehead atoms. The number of hydrogen-bond acceptors (Lipinski definition) is 9. The average Bonchev–Trinajstić information content (AvgIpc) is 3.66. The number of benzene rings is 3. The van der Waals surface area contributed by atoms with E-state index in [4.69, 9.17) is 16.3 Å². The van der Waals surface area contributed by atoms with Gasteiger partial charge in [0, 0.05) is 97.0 Å². The lowest BCUT2D eigenvalue weighted by Gasteiger charge is -2.36. The van der Waals surface area contributed by atoms with Crippen molar-refractivity contribution < 1.29 is 14.3 Å². The zero-order valence-electron chi connectivity index (χ0n) is 29.9. The fourth-order valence-electron chi connectivity index (χ4n) is 7.95. The highest BCUT2D eigenvalue weighted by Crippen LogP contribution is 2.37. The van der Waals surface area contributed by atoms with Crippen LogP contribution in [0.3, 0.4) is 0 Å². The van der Waals surface area contributed by atoms with E-state index >= 15 is 0 Å². The molecular formula is C40H43ClN8O4. The zero-order chi connectivity index (χ0) is 36.6. The first-order valence-corrected chi connectivity index (χ1v) is 18.6. The van der Waals surface area contributed by atoms with Crippen LogP contribution in [0, 0.1) is 0 Å². The lowest BCUT2D eigenvalue weighted by Crippen LogP contribution is -2.47. The summed E-state index contributed by atoms with van der Waals surface area (Å²) in [4.78, 5) is 41.0. The van der Waals surface area contributed by atoms with Crippen LogP contribution in [-0.2, 0) is 36.1 Å². The smallest absolute Gasteiger partial charge is 0.276 e. The van der Waals surface area contributed by atoms with Gasteiger partial charge in [0.1, 0.15) is 17.3 Å². The summed E-state index contributed by atoms with van der Waals surface area (Å²) in [5.74, 6) is 0.243. The fraction of sp³-hybridized carbons (Fsp3) is 0.350. The number of aromatic amines is 1. The number of methoxy groups -OCH3 is 1. The summed E-state index contributed by atoms with van der Waals surface area (Å²) < 4.78 is 7.43. The van der Waals surface area contributed by atoms with Gasteiger partial charge in [-0.15, -0.1) is 0 Å². The highest BCUT2D eigenvalue weighted by atomic mass is 35.5. The third-order valence-electron chi connectivity index (χ3n) is 10.9. The quantitative estimate of drug-likeness (QED) is 0.146. The van der Waals surface area contributed by atoms with E-state index in [0.717, 1.165) is 73.2 Å². The first-order valence-electron chi connectivity index (χ1n) is 18.2. The van der Waals surface area contributed by atoms with Crippen molar-refractivity contribution in [3.63, 3.8) is 0 Å². The van der Waals surface area contributed by atoms with Gasteiger partial charge in [0.25, 0.3) is 5.56 Å². The Kier molecular flexibility index (Phi) is 9.57. The first kappa shape index (κ1) is 34.7. The van der Waals surface area contributed by atoms with E-state index in [1.807, 2.05) is 30.5 Å². The lowest BCUT2D eigenvalue weighted by atomic mass is 9.95. The Balaban J connectivity index is 0.888. The predicted molar refractivity (Wildman–Crippen MR) is 208 cm³/mol. The number of ether oxygens (including phenoxy) is 1. The molecule has 1 unspecified atom stereocenters. The third kappa shape index (κ3) is 7.08. The van der Waals surface area contributed by atoms with Gasteiger partial charge in [-0.25, -0.2) is 0 Å². The highest BCUT2D eigenvalue weighted by Gasteiger charge is 2.27. The van der Waals surface area contributed by atoms with Crippen LogP contribution in [0.4, 0.5) is 17.1 Å². The fourth-order valence-corrected chi connectivity index (χ4v) is 8.22. The molecule has 3 aliphatic rings. The maximum Gasteiger partial charge on any atom is 0.276 e. The van der Waals surface area contributed by atoms with Crippen LogP contribution >= 0.6 is 11.6 Å². The number of imide groups is 1. The van der Waals surface area contributed by atoms with Gasteiger partial charge in [-0.2, -0.15) is 5.10 Å². The highest BCUT2D eigenvalue weighted by molar-refractivity contribution is 6.32. The van der Waals surface area contributed by atoms with Crippen molar-refractivity contribution >= 4 is 51.4 Å². The number of amides is 2. The van der Waals surface area contributed by atoms with E-state index in [1.54, 1.807) is 24.9 Å². The molecule has 8 rings (SSSR count). The van der Waals surface area contributed by atoms with Crippen molar-refractivity contribution in [1.82, 2.24) is 25.0 Å². The van der Waals surface area contributed by atoms with Gasteiger partial charge in [0.15, 0.2) is 0 Å². The Hall–Kier alpha value is -5.33. The molecule has 3 aliphatic heterocycles. The van der Waals surface area contributed by atoms with E-state index in [0.29, 0.717) is 41.7 Å². The lowest BCUT2D eigenvalue weighted by molar-refractivity contribution is -0.133. The number of anilines is 3. The van der Waals surface area contributed by atoms with Crippen molar-refractivity contribution in [2.45, 2.75) is 57.3 Å². The predicted octanol–water partition coefficient (Wildman–Crippen LogP) is 5.45. The van der Waals surface area contributed by atoms with Gasteiger partial charge in [-0.3, -0.25) is 29.7 Å². The SMILES string of the molecule is COc1cc(-c2cn(C)c(=O)c3[nH]ncc23)cc(Cl)c1CN1CCc2c(cccc2NC2CCN(c3ccc(NC4CCC(=O)NC4=O)cc3)CC2)C1. The van der Waals surface area contributed by atoms with Crippen molar-refractivity contribution in [2.24, 2.45) is 7.05 Å². The summed E-state index contributed by atoms with van der Waals surface area (Å²) in [5.41, 5.74) is 8.97. The van der Waals surface area contributed by atoms with Crippen LogP contribution in [0.15, 0.2) is 71.8 Å². The second-order valence-electron chi connectivity index (χ2n) is 14.3. The van der Waals surface area contributed by atoms with Crippen molar-refractivity contribution in [1.29, 1.82) is 0 Å². The van der Waals surface area contributed by atoms with E-state index in [9.17, 15) is 14.4 Å². The number of rotatable bonds is 9. The molecule has 2 aromatic heterocycles. The number of nitrogens with one attached hydrogen (secondary N) is 4. The van der Waals surface area contributed by atoms with Gasteiger partial charge >= 0.3 is 0 Å². The topological polar surface area (TPSA) is 137 Å². The standard InChI is InChI=1S/C40H43ClN8O4/c1-47-22-31(30-20-42-46-38(30)40(47)52)25-18-33(41)32(36(19-25)53-2)23-48-15-14-29-24(21-48)4-3-5-34(29)43-27-12-16-49(17-13-27)28-8-6-26(7-9-28)44-35-10-11-37(50)45-39(35)51/h3-9,18-20,22,27,35,43-44H,10-17,21,23H2,1-2H3,(H,42,46)(H,45,50,51). The summed E-state index contributed by atoms with van der Waals surface area (Å²) in [6.45, 7) is 4.28. The normalized spacial score (nSPS) is 18.2. The zero-order valence-corrected chi connectivity index (χ0v) is 30.6. The second kappa shape index (κ2) is 14.6. The number of aryl methyl sites for hydroxylation is 1. The molecule has 5 heterocycles. The molecule has 3 aromatic carbocycles. The number of fused-ring (bicyclic) bond motifs is 2. The summed E-state index contributed by atoms with van der Waals surface area (Å²) in [7, 11) is 3.40. The molecule has 5 aromatic rings. The van der Waals surface area contributed by atoms with Crippen LogP contribution in [0.25, 0.3) is 22.0 Å². The summed E-state index contributed by atoms with van der Waals surface area (Å²) >= 11 is 6.98. The van der Waals surface area contributed by atoms with Crippen LogP contribution in [0.5, 0.6) is 5.75 Å². The third-order valence-corrected chi connectivity index (χ3v) is 11.2. The Morgan fingerprint density at radius 3 is 2.57 bits per heavy atom. The molecule has 0 saturated carbocycles. The molecule has 13 heteroatoms. The molecular weight excluding hydrogens is 692 g/mol. The van der Waals surface area contributed by atoms with Gasteiger partial charge in [-0.1, -0.05) is 23.7 Å². The minimum atomic E-state index is -0.387. The summed E-state index contributed by atoms with van der Waals surface area (Å²) in [5, 5.41) is 17.9. The number of carbonyl (C=O) groups is 2. The van der Waals surface area contributed by atoms with Gasteiger partial charge in [-0.05, 0) is 84.8 Å². The molecule has 0 radical (unpaired) electrons. The minimum Gasteiger partial charge on any atom is -0.496 e. The van der Waals surface area contributed by atoms with Crippen molar-refractivity contribution in [2.75, 3.05) is 42.3 Å². The van der Waals surface area contributed by atoms with Crippen molar-refractivity contribution in [3.05, 3.63) is 99.1 Å². The van der Waals surface area contributed by atoms with Crippen LogP contribution in [0.1, 0.15) is 42.4 Å². The van der Waals surface area contributed by atoms with E-state index < -0.39 is 0 Å². The minimum absolute atomic E-state index is 0.132. The van der Waals surface area contributed by atoms with Crippen LogP contribution in [0.2, 0.25) is 5.02 Å². The number of pyridine rings is 1. The number of hydrogen-bond donors (Lipinski definition) is 4. The molecule has 0 aliphatic carbocycles. The summed E-state index contributed by atoms with van der Waals surface area (Å²) in [6, 6.07) is 18.8. The number of H-pyrrole nitrogens is 1. The van der Waals surface area contributed by atoms with Crippen molar-refractivity contribution in [3.8, 4) is 16.9 Å². The molecule has 0 spiro atoms. The molecule has 2 fully saturated rings. The Labute approximate surface area is 312 Å². The molecule has 53 heavy (non-hydrogen) atoms. The number of carbonyl (C=O) groups excluding carboxylic acids is 2. The van der Waals surface area contributed by atoms with Gasteiger partial charge < -0.3 is 24.8 Å². The number of halogens is 1. The maximum atomic E-state index is 12.6. The Bertz CT molecular complexity index is 2240. The monoisotopic (exact) mass is 734 g/mol. The molecule has 1 atom stereocenters. The number of piperidine rings is 2. The van der Waals surface area contributed by atoms with Gasteiger partial charge in [0.05, 0.1) is 13.3 Å².